The summed E-state index contributed by atoms with van der Waals surface area (Å²) < 4.78 is 18.9. The Morgan fingerprint density at radius 2 is 1.46 bits per heavy atom. The first-order valence-electron chi connectivity index (χ1n) is 8.66. The van der Waals surface area contributed by atoms with Gasteiger partial charge in [-0.1, -0.05) is 18.2 Å². The zero-order chi connectivity index (χ0) is 19.3. The van der Waals surface area contributed by atoms with Gasteiger partial charge in [-0.2, -0.15) is 0 Å². The van der Waals surface area contributed by atoms with Crippen LogP contribution in [0.5, 0.6) is 11.5 Å². The Morgan fingerprint density at radius 1 is 0.786 bits per heavy atom. The topological polar surface area (TPSA) is 73.1 Å². The van der Waals surface area contributed by atoms with Gasteiger partial charge in [-0.25, -0.2) is 14.4 Å². The Hall–Kier alpha value is -3.93. The van der Waals surface area contributed by atoms with Crippen LogP contribution in [0.3, 0.4) is 0 Å². The number of nitrogen functional groups attached to an aromatic ring is 1. The maximum absolute atomic E-state index is 13.1. The van der Waals surface area contributed by atoms with Crippen molar-refractivity contribution in [2.75, 3.05) is 11.1 Å². The quantitative estimate of drug-likeness (QED) is 0.491. The van der Waals surface area contributed by atoms with Crippen LogP contribution in [0.1, 0.15) is 0 Å². The van der Waals surface area contributed by atoms with Crippen molar-refractivity contribution in [3.05, 3.63) is 90.7 Å². The van der Waals surface area contributed by atoms with Gasteiger partial charge in [0.1, 0.15) is 29.0 Å². The number of hydrogen-bond donors (Lipinski definition) is 2. The van der Waals surface area contributed by atoms with Crippen molar-refractivity contribution in [2.45, 2.75) is 0 Å². The van der Waals surface area contributed by atoms with Crippen molar-refractivity contribution in [1.29, 1.82) is 0 Å². The second kappa shape index (κ2) is 7.75. The fourth-order valence-corrected chi connectivity index (χ4v) is 2.64. The smallest absolute Gasteiger partial charge is 0.163 e. The van der Waals surface area contributed by atoms with Gasteiger partial charge in [0.15, 0.2) is 5.82 Å². The minimum atomic E-state index is -0.316. The van der Waals surface area contributed by atoms with Crippen molar-refractivity contribution in [3.63, 3.8) is 0 Å². The minimum Gasteiger partial charge on any atom is -0.457 e. The van der Waals surface area contributed by atoms with Crippen molar-refractivity contribution < 1.29 is 9.13 Å². The van der Waals surface area contributed by atoms with Crippen molar-refractivity contribution in [2.24, 2.45) is 0 Å². The molecule has 0 amide bonds. The summed E-state index contributed by atoms with van der Waals surface area (Å²) in [6.45, 7) is 0. The van der Waals surface area contributed by atoms with Gasteiger partial charge in [-0.05, 0) is 60.7 Å². The number of nitrogens with zero attached hydrogens (tertiary/aromatic N) is 2. The first-order valence-corrected chi connectivity index (χ1v) is 8.66. The van der Waals surface area contributed by atoms with Gasteiger partial charge in [0.25, 0.3) is 0 Å². The molecule has 1 aromatic heterocycles. The number of rotatable bonds is 5. The van der Waals surface area contributed by atoms with E-state index in [4.69, 9.17) is 10.5 Å². The van der Waals surface area contributed by atoms with Crippen molar-refractivity contribution >= 4 is 17.3 Å². The lowest BCUT2D eigenvalue weighted by molar-refractivity contribution is 0.483. The number of halogens is 1. The summed E-state index contributed by atoms with van der Waals surface area (Å²) in [5.41, 5.74) is 7.41. The molecule has 0 aliphatic carbocycles. The zero-order valence-electron chi connectivity index (χ0n) is 14.8. The van der Waals surface area contributed by atoms with E-state index in [0.717, 1.165) is 17.2 Å². The van der Waals surface area contributed by atoms with Crippen LogP contribution >= 0.6 is 0 Å². The van der Waals surface area contributed by atoms with E-state index in [1.165, 1.54) is 12.1 Å². The van der Waals surface area contributed by atoms with E-state index in [1.807, 2.05) is 54.6 Å². The number of aromatic nitrogens is 2. The Kier molecular flexibility index (Phi) is 4.84. The summed E-state index contributed by atoms with van der Waals surface area (Å²) in [7, 11) is 0. The molecule has 4 rings (SSSR count). The average molecular weight is 372 g/mol. The van der Waals surface area contributed by atoms with Crippen LogP contribution in [-0.2, 0) is 0 Å². The summed E-state index contributed by atoms with van der Waals surface area (Å²) >= 11 is 0. The molecule has 138 valence electrons. The third-order valence-corrected chi connectivity index (χ3v) is 3.95. The molecular formula is C22H17FN4O. The molecule has 0 spiro atoms. The van der Waals surface area contributed by atoms with Crippen LogP contribution in [0, 0.1) is 5.82 Å². The SMILES string of the molecule is Nc1cc(Nc2ccc(Oc3ccccc3)cc2)nc(-c2ccc(F)cc2)n1. The Labute approximate surface area is 161 Å². The largest absolute Gasteiger partial charge is 0.457 e. The molecule has 0 radical (unpaired) electrons. The Balaban J connectivity index is 1.51. The number of nitrogens with two attached hydrogens (primary N) is 1. The maximum atomic E-state index is 13.1. The van der Waals surface area contributed by atoms with Crippen LogP contribution in [0.25, 0.3) is 11.4 Å². The van der Waals surface area contributed by atoms with Crippen LogP contribution in [-0.4, -0.2) is 9.97 Å². The number of para-hydroxylation sites is 1. The summed E-state index contributed by atoms with van der Waals surface area (Å²) in [6.07, 6.45) is 0. The highest BCUT2D eigenvalue weighted by molar-refractivity contribution is 5.64. The molecule has 0 aliphatic heterocycles. The molecule has 28 heavy (non-hydrogen) atoms. The second-order valence-corrected chi connectivity index (χ2v) is 6.07. The highest BCUT2D eigenvalue weighted by atomic mass is 19.1. The lowest BCUT2D eigenvalue weighted by Crippen LogP contribution is -2.01. The average Bonchev–Trinajstić information content (AvgIpc) is 2.70. The zero-order valence-corrected chi connectivity index (χ0v) is 14.8. The normalized spacial score (nSPS) is 10.5. The molecule has 0 bridgehead atoms. The number of hydrogen-bond acceptors (Lipinski definition) is 5. The highest BCUT2D eigenvalue weighted by Crippen LogP contribution is 2.25. The molecular weight excluding hydrogens is 355 g/mol. The van der Waals surface area contributed by atoms with Gasteiger partial charge in [0.05, 0.1) is 0 Å². The molecule has 5 nitrogen and oxygen atoms in total. The molecule has 6 heteroatoms. The molecule has 0 fully saturated rings. The second-order valence-electron chi connectivity index (χ2n) is 6.07. The highest BCUT2D eigenvalue weighted by Gasteiger charge is 2.07. The fraction of sp³-hybridized carbons (Fsp3) is 0. The monoisotopic (exact) mass is 372 g/mol. The molecule has 0 saturated heterocycles. The van der Waals surface area contributed by atoms with Crippen LogP contribution < -0.4 is 15.8 Å². The van der Waals surface area contributed by atoms with Gasteiger partial charge >= 0.3 is 0 Å². The number of nitrogens with one attached hydrogen (secondary N) is 1. The standard InChI is InChI=1S/C22H17FN4O/c23-16-8-6-15(7-9-16)22-26-20(24)14-21(27-22)25-17-10-12-19(13-11-17)28-18-4-2-1-3-5-18/h1-14H,(H3,24,25,26,27). The van der Waals surface area contributed by atoms with Crippen molar-refractivity contribution in [3.8, 4) is 22.9 Å². The van der Waals surface area contributed by atoms with E-state index in [9.17, 15) is 4.39 Å². The van der Waals surface area contributed by atoms with E-state index in [0.29, 0.717) is 23.0 Å². The van der Waals surface area contributed by atoms with E-state index in [1.54, 1.807) is 18.2 Å². The number of anilines is 3. The first-order chi connectivity index (χ1) is 13.7. The van der Waals surface area contributed by atoms with Crippen LogP contribution in [0.15, 0.2) is 84.9 Å². The molecule has 4 aromatic rings. The van der Waals surface area contributed by atoms with E-state index < -0.39 is 0 Å². The molecule has 0 saturated carbocycles. The first kappa shape index (κ1) is 17.5. The molecule has 0 aliphatic rings. The Bertz CT molecular complexity index is 1070. The molecule has 3 aromatic carbocycles. The van der Waals surface area contributed by atoms with Crippen molar-refractivity contribution in [1.82, 2.24) is 9.97 Å². The van der Waals surface area contributed by atoms with E-state index in [-0.39, 0.29) is 5.82 Å². The van der Waals surface area contributed by atoms with Crippen LogP contribution in [0.4, 0.5) is 21.7 Å². The summed E-state index contributed by atoms with van der Waals surface area (Å²) in [6, 6.07) is 24.7. The molecule has 1 heterocycles. The maximum Gasteiger partial charge on any atom is 0.163 e. The van der Waals surface area contributed by atoms with E-state index in [2.05, 4.69) is 15.3 Å². The molecule has 0 atom stereocenters. The third kappa shape index (κ3) is 4.24. The predicted octanol–water partition coefficient (Wildman–Crippen LogP) is 5.40. The summed E-state index contributed by atoms with van der Waals surface area (Å²) in [5.74, 6) is 2.47. The molecule has 3 N–H and O–H groups in total. The summed E-state index contributed by atoms with van der Waals surface area (Å²) in [4.78, 5) is 8.68. The minimum absolute atomic E-state index is 0.316. The molecule has 0 unspecified atom stereocenters. The lowest BCUT2D eigenvalue weighted by Gasteiger charge is -2.10. The van der Waals surface area contributed by atoms with Gasteiger partial charge in [0.2, 0.25) is 0 Å². The van der Waals surface area contributed by atoms with Crippen LogP contribution in [0.2, 0.25) is 0 Å². The number of benzene rings is 3. The van der Waals surface area contributed by atoms with Gasteiger partial charge in [0, 0.05) is 17.3 Å². The Morgan fingerprint density at radius 3 is 2.18 bits per heavy atom. The summed E-state index contributed by atoms with van der Waals surface area (Å²) in [5, 5.41) is 3.20. The fourth-order valence-electron chi connectivity index (χ4n) is 2.64. The number of ether oxygens (including phenoxy) is 1. The third-order valence-electron chi connectivity index (χ3n) is 3.95. The van der Waals surface area contributed by atoms with E-state index >= 15 is 0 Å². The van der Waals surface area contributed by atoms with Gasteiger partial charge in [-0.15, -0.1) is 0 Å². The predicted molar refractivity (Wildman–Crippen MR) is 108 cm³/mol. The lowest BCUT2D eigenvalue weighted by atomic mass is 10.2. The van der Waals surface area contributed by atoms with Gasteiger partial charge in [-0.3, -0.25) is 0 Å². The van der Waals surface area contributed by atoms with Gasteiger partial charge < -0.3 is 15.8 Å².